The van der Waals surface area contributed by atoms with Crippen molar-refractivity contribution in [1.29, 1.82) is 0 Å². The fraction of sp³-hybridized carbons (Fsp3) is 0.950. The summed E-state index contributed by atoms with van der Waals surface area (Å²) in [6.45, 7) is 9.65. The quantitative estimate of drug-likeness (QED) is 0.0222. The number of ether oxygens (including phenoxy) is 4. The first kappa shape index (κ1) is 97.1. The van der Waals surface area contributed by atoms with Gasteiger partial charge >= 0.3 is 39.5 Å². The molecule has 0 radical (unpaired) electrons. The van der Waals surface area contributed by atoms with Crippen LogP contribution in [0.1, 0.15) is 420 Å². The largest absolute Gasteiger partial charge is 0.472 e. The third kappa shape index (κ3) is 74.1. The number of hydrogen-bond acceptors (Lipinski definition) is 15. The highest BCUT2D eigenvalue weighted by Crippen LogP contribution is 2.45. The van der Waals surface area contributed by atoms with E-state index in [1.54, 1.807) is 0 Å². The molecule has 0 aromatic heterocycles. The van der Waals surface area contributed by atoms with Gasteiger partial charge in [0.05, 0.1) is 26.4 Å². The van der Waals surface area contributed by atoms with Gasteiger partial charge in [-0.2, -0.15) is 0 Å². The maximum Gasteiger partial charge on any atom is 0.472 e. The molecule has 0 bridgehead atoms. The van der Waals surface area contributed by atoms with Crippen LogP contribution >= 0.6 is 15.6 Å². The van der Waals surface area contributed by atoms with E-state index in [1.165, 1.54) is 225 Å². The van der Waals surface area contributed by atoms with Crippen molar-refractivity contribution in [2.75, 3.05) is 39.6 Å². The van der Waals surface area contributed by atoms with E-state index >= 15 is 0 Å². The van der Waals surface area contributed by atoms with E-state index in [2.05, 4.69) is 41.5 Å². The maximum atomic E-state index is 13.1. The van der Waals surface area contributed by atoms with Crippen molar-refractivity contribution in [1.82, 2.24) is 0 Å². The lowest BCUT2D eigenvalue weighted by molar-refractivity contribution is -0.161. The van der Waals surface area contributed by atoms with Gasteiger partial charge in [0.25, 0.3) is 0 Å². The van der Waals surface area contributed by atoms with Gasteiger partial charge in [-0.1, -0.05) is 369 Å². The number of rotatable bonds is 79. The number of hydrogen-bond donors (Lipinski definition) is 3. The number of phosphoric acid groups is 2. The Balaban J connectivity index is 5.17. The molecule has 0 fully saturated rings. The standard InChI is InChI=1S/C80H156O17P2/c1-7-9-11-13-15-16-17-18-29-35-40-46-52-58-64-79(84)96-75(68-90-77(82)62-56-50-42-14-12-10-8-2)70-94-98(86,87)92-66-74(81)67-93-99(88,89)95-71-76(69-91-78(83)63-57-51-45-39-34-30-26-25-28-33-38-44-49-55-61-73(5)6)97-80(85)65-59-53-47-41-36-31-24-22-20-19-21-23-27-32-37-43-48-54-60-72(3)4/h72-76,81H,7-71H2,1-6H3,(H,86,87)(H,88,89)/t74-,75+,76+/m0/s1. The van der Waals surface area contributed by atoms with Crippen molar-refractivity contribution < 1.29 is 80.2 Å². The highest BCUT2D eigenvalue weighted by Gasteiger charge is 2.30. The number of aliphatic hydroxyl groups is 1. The molecule has 5 atom stereocenters. The predicted molar refractivity (Wildman–Crippen MR) is 405 cm³/mol. The molecular weight excluding hydrogens is 1290 g/mol. The Morgan fingerprint density at radius 1 is 0.273 bits per heavy atom. The molecule has 0 aliphatic carbocycles. The molecule has 0 aromatic rings. The van der Waals surface area contributed by atoms with Gasteiger partial charge in [0.15, 0.2) is 12.2 Å². The number of unbranched alkanes of at least 4 members (excludes halogenated alkanes) is 49. The van der Waals surface area contributed by atoms with Gasteiger partial charge in [-0.15, -0.1) is 0 Å². The van der Waals surface area contributed by atoms with E-state index in [9.17, 15) is 43.2 Å². The fourth-order valence-electron chi connectivity index (χ4n) is 12.4. The second-order valence-corrected chi connectivity index (χ2v) is 32.7. The maximum absolute atomic E-state index is 13.1. The molecule has 2 unspecified atom stereocenters. The van der Waals surface area contributed by atoms with Crippen LogP contribution in [0.25, 0.3) is 0 Å². The summed E-state index contributed by atoms with van der Waals surface area (Å²) in [6.07, 6.45) is 61.2. The molecule has 588 valence electrons. The highest BCUT2D eigenvalue weighted by atomic mass is 31.2. The summed E-state index contributed by atoms with van der Waals surface area (Å²) in [7, 11) is -9.91. The Kier molecular flexibility index (Phi) is 70.3. The Morgan fingerprint density at radius 2 is 0.465 bits per heavy atom. The zero-order valence-electron chi connectivity index (χ0n) is 64.8. The third-order valence-corrected chi connectivity index (χ3v) is 20.6. The van der Waals surface area contributed by atoms with E-state index in [1.807, 2.05) is 0 Å². The molecule has 0 rings (SSSR count). The minimum atomic E-state index is -4.96. The van der Waals surface area contributed by atoms with Crippen molar-refractivity contribution >= 4 is 39.5 Å². The number of phosphoric ester groups is 2. The Morgan fingerprint density at radius 3 is 0.687 bits per heavy atom. The molecule has 0 aromatic carbocycles. The number of carbonyl (C=O) groups is 4. The number of carbonyl (C=O) groups excluding carboxylic acids is 4. The van der Waals surface area contributed by atoms with E-state index in [-0.39, 0.29) is 25.7 Å². The average molecular weight is 1450 g/mol. The molecule has 0 spiro atoms. The SMILES string of the molecule is CCCCCCCCCCCCCCCCC(=O)O[C@H](COC(=O)CCCCCCCCC)COP(=O)(O)OC[C@H](O)COP(=O)(O)OC[C@@H](COC(=O)CCCCCCCCCCCCCCCCC(C)C)OC(=O)CCCCCCCCCCCCCCCCCCCCC(C)C. The second-order valence-electron chi connectivity index (χ2n) is 29.8. The van der Waals surface area contributed by atoms with Crippen LogP contribution in [-0.4, -0.2) is 96.7 Å². The summed E-state index contributed by atoms with van der Waals surface area (Å²) in [5.74, 6) is -0.494. The van der Waals surface area contributed by atoms with Crippen molar-refractivity contribution in [3.8, 4) is 0 Å². The Hall–Kier alpha value is -1.94. The monoisotopic (exact) mass is 1450 g/mol. The van der Waals surface area contributed by atoms with E-state index in [0.29, 0.717) is 25.7 Å². The molecule has 17 nitrogen and oxygen atoms in total. The third-order valence-electron chi connectivity index (χ3n) is 18.7. The topological polar surface area (TPSA) is 237 Å². The first-order valence-electron chi connectivity index (χ1n) is 41.5. The van der Waals surface area contributed by atoms with Crippen LogP contribution in [0.15, 0.2) is 0 Å². The Bertz CT molecular complexity index is 1910. The molecule has 0 heterocycles. The van der Waals surface area contributed by atoms with Gasteiger partial charge in [0.1, 0.15) is 19.3 Å². The molecule has 0 amide bonds. The van der Waals surface area contributed by atoms with Crippen LogP contribution in [0.3, 0.4) is 0 Å². The minimum Gasteiger partial charge on any atom is -0.462 e. The Labute approximate surface area is 607 Å². The molecular formula is C80H156O17P2. The lowest BCUT2D eigenvalue weighted by Crippen LogP contribution is -2.30. The zero-order valence-corrected chi connectivity index (χ0v) is 66.6. The summed E-state index contributed by atoms with van der Waals surface area (Å²) in [5, 5.41) is 10.6. The molecule has 19 heteroatoms. The van der Waals surface area contributed by atoms with Crippen molar-refractivity contribution in [3.63, 3.8) is 0 Å². The van der Waals surface area contributed by atoms with Crippen LogP contribution < -0.4 is 0 Å². The first-order chi connectivity index (χ1) is 47.9. The number of aliphatic hydroxyl groups excluding tert-OH is 1. The minimum absolute atomic E-state index is 0.108. The predicted octanol–water partition coefficient (Wildman–Crippen LogP) is 23.9. The van der Waals surface area contributed by atoms with E-state index < -0.39 is 97.5 Å². The second kappa shape index (κ2) is 71.7. The van der Waals surface area contributed by atoms with Gasteiger partial charge in [0, 0.05) is 25.7 Å². The molecule has 0 saturated carbocycles. The van der Waals surface area contributed by atoms with Gasteiger partial charge in [0.2, 0.25) is 0 Å². The van der Waals surface area contributed by atoms with Crippen molar-refractivity contribution in [2.24, 2.45) is 11.8 Å². The highest BCUT2D eigenvalue weighted by molar-refractivity contribution is 7.47. The van der Waals surface area contributed by atoms with Crippen molar-refractivity contribution in [2.45, 2.75) is 439 Å². The van der Waals surface area contributed by atoms with E-state index in [4.69, 9.17) is 37.0 Å². The molecule has 0 aliphatic rings. The molecule has 0 aliphatic heterocycles. The van der Waals surface area contributed by atoms with Gasteiger partial charge < -0.3 is 33.8 Å². The summed E-state index contributed by atoms with van der Waals surface area (Å²) in [6, 6.07) is 0. The van der Waals surface area contributed by atoms with Gasteiger partial charge in [-0.3, -0.25) is 37.3 Å². The summed E-state index contributed by atoms with van der Waals surface area (Å²) in [5.41, 5.74) is 0. The van der Waals surface area contributed by atoms with Crippen LogP contribution in [0.2, 0.25) is 0 Å². The van der Waals surface area contributed by atoms with Crippen LogP contribution in [0.5, 0.6) is 0 Å². The summed E-state index contributed by atoms with van der Waals surface area (Å²) < 4.78 is 68.6. The normalized spacial score (nSPS) is 13.9. The lowest BCUT2D eigenvalue weighted by atomic mass is 10.0. The molecule has 0 saturated heterocycles. The summed E-state index contributed by atoms with van der Waals surface area (Å²) >= 11 is 0. The number of esters is 4. The zero-order chi connectivity index (χ0) is 72.8. The molecule has 3 N–H and O–H groups in total. The fourth-order valence-corrected chi connectivity index (χ4v) is 13.9. The smallest absolute Gasteiger partial charge is 0.462 e. The van der Waals surface area contributed by atoms with Crippen LogP contribution in [0.4, 0.5) is 0 Å². The van der Waals surface area contributed by atoms with Crippen LogP contribution in [-0.2, 0) is 65.4 Å². The average Bonchev–Trinajstić information content (AvgIpc) is 1.04. The van der Waals surface area contributed by atoms with Gasteiger partial charge in [-0.05, 0) is 37.5 Å². The summed E-state index contributed by atoms with van der Waals surface area (Å²) in [4.78, 5) is 72.8. The van der Waals surface area contributed by atoms with Crippen molar-refractivity contribution in [3.05, 3.63) is 0 Å². The van der Waals surface area contributed by atoms with E-state index in [0.717, 1.165) is 115 Å². The molecule has 99 heavy (non-hydrogen) atoms. The first-order valence-corrected chi connectivity index (χ1v) is 44.5. The van der Waals surface area contributed by atoms with Crippen LogP contribution in [0, 0.1) is 11.8 Å². The lowest BCUT2D eigenvalue weighted by Gasteiger charge is -2.21. The van der Waals surface area contributed by atoms with Gasteiger partial charge in [-0.25, -0.2) is 9.13 Å².